The molecular weight excluding hydrogens is 344 g/mol. The van der Waals surface area contributed by atoms with Crippen molar-refractivity contribution >= 4 is 51.6 Å². The van der Waals surface area contributed by atoms with E-state index in [0.29, 0.717) is 9.88 Å². The molecule has 1 aliphatic rings. The van der Waals surface area contributed by atoms with Crippen molar-refractivity contribution in [2.75, 3.05) is 17.3 Å². The van der Waals surface area contributed by atoms with E-state index in [-0.39, 0.29) is 5.91 Å². The first-order chi connectivity index (χ1) is 11.6. The molecule has 7 heteroatoms. The van der Waals surface area contributed by atoms with Crippen molar-refractivity contribution < 1.29 is 14.3 Å². The van der Waals surface area contributed by atoms with E-state index in [0.717, 1.165) is 11.4 Å². The molecule has 0 radical (unpaired) electrons. The molecule has 0 saturated carbocycles. The number of carbonyl (C=O) groups excluding carboxylic acids is 2. The monoisotopic (exact) mass is 358 g/mol. The molecule has 3 rings (SSSR count). The number of benzene rings is 2. The molecule has 2 aromatic rings. The van der Waals surface area contributed by atoms with Crippen molar-refractivity contribution in [3.63, 3.8) is 0 Å². The number of para-hydroxylation sites is 1. The minimum Gasteiger partial charge on any atom is -0.465 e. The fourth-order valence-electron chi connectivity index (χ4n) is 2.28. The van der Waals surface area contributed by atoms with Crippen molar-refractivity contribution in [3.05, 3.63) is 60.2 Å². The van der Waals surface area contributed by atoms with Gasteiger partial charge in [-0.2, -0.15) is 0 Å². The first kappa shape index (κ1) is 16.5. The number of carbonyl (C=O) groups is 2. The number of thiocarbonyl (C=S) groups is 1. The van der Waals surface area contributed by atoms with E-state index in [1.807, 2.05) is 30.3 Å². The van der Waals surface area contributed by atoms with Crippen LogP contribution in [0, 0.1) is 0 Å². The summed E-state index contributed by atoms with van der Waals surface area (Å²) in [6, 6.07) is 16.1. The van der Waals surface area contributed by atoms with E-state index in [4.69, 9.17) is 12.2 Å². The molecule has 1 N–H and O–H groups in total. The number of rotatable bonds is 4. The van der Waals surface area contributed by atoms with Gasteiger partial charge in [0.05, 0.1) is 18.4 Å². The number of anilines is 2. The standard InChI is InChI=1S/C17H14N2O3S2/c1-22-16(21)11-7-9-12(10-8-11)18-14-15(20)19(17(23)24-14)13-5-3-2-4-6-13/h2-10,14,18H,1H3/t14-/m0/s1. The lowest BCUT2D eigenvalue weighted by molar-refractivity contribution is -0.116. The zero-order valence-electron chi connectivity index (χ0n) is 12.8. The van der Waals surface area contributed by atoms with Gasteiger partial charge >= 0.3 is 5.97 Å². The second-order valence-electron chi connectivity index (χ2n) is 4.99. The molecule has 1 saturated heterocycles. The number of nitrogens with one attached hydrogen (secondary N) is 1. The van der Waals surface area contributed by atoms with Crippen molar-refractivity contribution in [2.24, 2.45) is 0 Å². The number of esters is 1. The normalized spacial score (nSPS) is 17.0. The molecular formula is C17H14N2O3S2. The maximum absolute atomic E-state index is 12.6. The molecule has 1 heterocycles. The number of nitrogens with zero attached hydrogens (tertiary/aromatic N) is 1. The summed E-state index contributed by atoms with van der Waals surface area (Å²) in [6.07, 6.45) is 0. The van der Waals surface area contributed by atoms with Crippen molar-refractivity contribution in [3.8, 4) is 0 Å². The minimum absolute atomic E-state index is 0.117. The summed E-state index contributed by atoms with van der Waals surface area (Å²) in [6.45, 7) is 0. The second kappa shape index (κ2) is 7.02. The van der Waals surface area contributed by atoms with Gasteiger partial charge in [0.25, 0.3) is 5.91 Å². The van der Waals surface area contributed by atoms with E-state index in [2.05, 4.69) is 10.1 Å². The Bertz CT molecular complexity index is 778. The Kier molecular flexibility index (Phi) is 4.82. The van der Waals surface area contributed by atoms with Gasteiger partial charge in [0.1, 0.15) is 4.32 Å². The molecule has 1 fully saturated rings. The molecule has 0 spiro atoms. The zero-order chi connectivity index (χ0) is 17.1. The van der Waals surface area contributed by atoms with Gasteiger partial charge in [0, 0.05) is 5.69 Å². The van der Waals surface area contributed by atoms with Gasteiger partial charge in [-0.15, -0.1) is 0 Å². The van der Waals surface area contributed by atoms with Crippen LogP contribution >= 0.6 is 24.0 Å². The summed E-state index contributed by atoms with van der Waals surface area (Å²) in [4.78, 5) is 25.6. The number of hydrogen-bond donors (Lipinski definition) is 1. The van der Waals surface area contributed by atoms with Crippen molar-refractivity contribution in [1.82, 2.24) is 0 Å². The van der Waals surface area contributed by atoms with E-state index in [9.17, 15) is 9.59 Å². The van der Waals surface area contributed by atoms with Crippen LogP contribution in [0.15, 0.2) is 54.6 Å². The van der Waals surface area contributed by atoms with Gasteiger partial charge < -0.3 is 10.1 Å². The smallest absolute Gasteiger partial charge is 0.337 e. The Balaban J connectivity index is 1.74. The number of ether oxygens (including phenoxy) is 1. The molecule has 1 atom stereocenters. The number of hydrogen-bond acceptors (Lipinski definition) is 6. The summed E-state index contributed by atoms with van der Waals surface area (Å²) in [5.74, 6) is -0.516. The first-order valence-corrected chi connectivity index (χ1v) is 8.43. The average molecular weight is 358 g/mol. The zero-order valence-corrected chi connectivity index (χ0v) is 14.4. The highest BCUT2D eigenvalue weighted by Gasteiger charge is 2.37. The maximum atomic E-state index is 12.6. The van der Waals surface area contributed by atoms with Crippen molar-refractivity contribution in [2.45, 2.75) is 5.37 Å². The first-order valence-electron chi connectivity index (χ1n) is 7.14. The Morgan fingerprint density at radius 1 is 1.17 bits per heavy atom. The van der Waals surface area contributed by atoms with Crippen LogP contribution in [-0.2, 0) is 9.53 Å². The third-order valence-electron chi connectivity index (χ3n) is 3.46. The van der Waals surface area contributed by atoms with Crippen LogP contribution in [0.3, 0.4) is 0 Å². The predicted octanol–water partition coefficient (Wildman–Crippen LogP) is 3.28. The highest BCUT2D eigenvalue weighted by molar-refractivity contribution is 8.25. The van der Waals surface area contributed by atoms with Gasteiger partial charge in [-0.3, -0.25) is 9.69 Å². The quantitative estimate of drug-likeness (QED) is 0.669. The third-order valence-corrected chi connectivity index (χ3v) is 4.87. The van der Waals surface area contributed by atoms with Crippen LogP contribution in [0.25, 0.3) is 0 Å². The SMILES string of the molecule is COC(=O)c1ccc(N[C@H]2SC(=S)N(c3ccccc3)C2=O)cc1. The van der Waals surface area contributed by atoms with Crippen molar-refractivity contribution in [1.29, 1.82) is 0 Å². The van der Waals surface area contributed by atoms with E-state index >= 15 is 0 Å². The largest absolute Gasteiger partial charge is 0.465 e. The highest BCUT2D eigenvalue weighted by atomic mass is 32.2. The molecule has 5 nitrogen and oxygen atoms in total. The van der Waals surface area contributed by atoms with Gasteiger partial charge in [0.15, 0.2) is 5.37 Å². The highest BCUT2D eigenvalue weighted by Crippen LogP contribution is 2.32. The molecule has 0 bridgehead atoms. The number of thioether (sulfide) groups is 1. The molecule has 0 aliphatic carbocycles. The number of amides is 1. The fraction of sp³-hybridized carbons (Fsp3) is 0.118. The molecule has 122 valence electrons. The predicted molar refractivity (Wildman–Crippen MR) is 99.3 cm³/mol. The lowest BCUT2D eigenvalue weighted by Crippen LogP contribution is -2.34. The summed E-state index contributed by atoms with van der Waals surface area (Å²) in [5, 5.41) is 2.64. The molecule has 24 heavy (non-hydrogen) atoms. The lowest BCUT2D eigenvalue weighted by atomic mass is 10.2. The fourth-order valence-corrected chi connectivity index (χ4v) is 3.67. The Hall–Kier alpha value is -2.38. The lowest BCUT2D eigenvalue weighted by Gasteiger charge is -2.16. The molecule has 0 unspecified atom stereocenters. The summed E-state index contributed by atoms with van der Waals surface area (Å²) >= 11 is 6.62. The Labute approximate surface area is 149 Å². The maximum Gasteiger partial charge on any atom is 0.337 e. The Morgan fingerprint density at radius 2 is 1.83 bits per heavy atom. The third kappa shape index (κ3) is 3.27. The van der Waals surface area contributed by atoms with E-state index in [1.54, 1.807) is 24.3 Å². The van der Waals surface area contributed by atoms with Gasteiger partial charge in [-0.25, -0.2) is 4.79 Å². The van der Waals surface area contributed by atoms with E-state index < -0.39 is 11.3 Å². The molecule has 2 aromatic carbocycles. The van der Waals surface area contributed by atoms with Gasteiger partial charge in [0.2, 0.25) is 0 Å². The van der Waals surface area contributed by atoms with E-state index in [1.165, 1.54) is 23.8 Å². The van der Waals surface area contributed by atoms with Crippen LogP contribution in [0.2, 0.25) is 0 Å². The van der Waals surface area contributed by atoms with Crippen LogP contribution in [-0.4, -0.2) is 28.7 Å². The van der Waals surface area contributed by atoms with Crippen LogP contribution < -0.4 is 10.2 Å². The second-order valence-corrected chi connectivity index (χ2v) is 6.73. The summed E-state index contributed by atoms with van der Waals surface area (Å²) in [5.41, 5.74) is 1.94. The number of methoxy groups -OCH3 is 1. The Morgan fingerprint density at radius 3 is 2.46 bits per heavy atom. The summed E-state index contributed by atoms with van der Waals surface area (Å²) in [7, 11) is 1.33. The minimum atomic E-state index is -0.498. The average Bonchev–Trinajstić information content (AvgIpc) is 2.89. The summed E-state index contributed by atoms with van der Waals surface area (Å²) < 4.78 is 5.17. The van der Waals surface area contributed by atoms with Gasteiger partial charge in [-0.05, 0) is 36.4 Å². The molecule has 0 aromatic heterocycles. The van der Waals surface area contributed by atoms with Crippen LogP contribution in [0.4, 0.5) is 11.4 Å². The van der Waals surface area contributed by atoms with Gasteiger partial charge in [-0.1, -0.05) is 42.2 Å². The van der Waals surface area contributed by atoms with Crippen LogP contribution in [0.5, 0.6) is 0 Å². The molecule has 1 amide bonds. The molecule has 1 aliphatic heterocycles. The van der Waals surface area contributed by atoms with Crippen LogP contribution in [0.1, 0.15) is 10.4 Å². The topological polar surface area (TPSA) is 58.6 Å².